The first kappa shape index (κ1) is 22.2. The van der Waals surface area contributed by atoms with Crippen LogP contribution in [-0.4, -0.2) is 17.0 Å². The van der Waals surface area contributed by atoms with Gasteiger partial charge in [-0.25, -0.2) is 0 Å². The zero-order chi connectivity index (χ0) is 20.4. The highest BCUT2D eigenvalue weighted by Crippen LogP contribution is 2.26. The van der Waals surface area contributed by atoms with Crippen molar-refractivity contribution in [2.75, 3.05) is 0 Å². The van der Waals surface area contributed by atoms with Crippen LogP contribution in [0.15, 0.2) is 35.7 Å². The normalized spacial score (nSPS) is 11.9. The van der Waals surface area contributed by atoms with Gasteiger partial charge >= 0.3 is 5.97 Å². The highest BCUT2D eigenvalue weighted by molar-refractivity contribution is 7.10. The molecule has 0 bridgehead atoms. The Kier molecular flexibility index (Phi) is 9.21. The molecular formula is C23H31NO3S. The van der Waals surface area contributed by atoms with Gasteiger partial charge in [0.1, 0.15) is 0 Å². The minimum absolute atomic E-state index is 0.0645. The van der Waals surface area contributed by atoms with E-state index in [-0.39, 0.29) is 18.2 Å². The summed E-state index contributed by atoms with van der Waals surface area (Å²) in [5, 5.41) is 13.9. The van der Waals surface area contributed by atoms with Crippen molar-refractivity contribution in [3.63, 3.8) is 0 Å². The van der Waals surface area contributed by atoms with Crippen LogP contribution in [0.5, 0.6) is 0 Å². The third kappa shape index (κ3) is 7.47. The smallest absolute Gasteiger partial charge is 0.303 e. The summed E-state index contributed by atoms with van der Waals surface area (Å²) in [7, 11) is 0. The molecule has 2 aromatic rings. The number of amides is 1. The first-order valence-corrected chi connectivity index (χ1v) is 11.0. The van der Waals surface area contributed by atoms with Crippen LogP contribution in [0.4, 0.5) is 0 Å². The molecule has 1 aromatic heterocycles. The number of carboxylic acid groups (broad SMARTS) is 1. The lowest BCUT2D eigenvalue weighted by Gasteiger charge is -2.11. The summed E-state index contributed by atoms with van der Waals surface area (Å²) in [6, 6.07) is 10.1. The Morgan fingerprint density at radius 1 is 1.11 bits per heavy atom. The van der Waals surface area contributed by atoms with Gasteiger partial charge in [0.2, 0.25) is 5.91 Å². The van der Waals surface area contributed by atoms with Crippen LogP contribution in [0, 0.1) is 5.92 Å². The third-order valence-electron chi connectivity index (χ3n) is 4.94. The Morgan fingerprint density at radius 3 is 2.54 bits per heavy atom. The van der Waals surface area contributed by atoms with Gasteiger partial charge in [-0.05, 0) is 41.0 Å². The number of aliphatic carboxylic acids is 1. The second-order valence-corrected chi connectivity index (χ2v) is 8.36. The van der Waals surface area contributed by atoms with E-state index in [1.54, 1.807) is 11.3 Å². The number of hydrogen-bond acceptors (Lipinski definition) is 3. The van der Waals surface area contributed by atoms with Crippen LogP contribution in [0.3, 0.4) is 0 Å². The molecule has 28 heavy (non-hydrogen) atoms. The lowest BCUT2D eigenvalue weighted by molar-refractivity contribution is -0.137. The van der Waals surface area contributed by atoms with E-state index in [0.29, 0.717) is 13.0 Å². The maximum absolute atomic E-state index is 12.3. The topological polar surface area (TPSA) is 66.4 Å². The van der Waals surface area contributed by atoms with Crippen LogP contribution in [0.1, 0.15) is 62.8 Å². The van der Waals surface area contributed by atoms with Crippen LogP contribution in [-0.2, 0) is 22.6 Å². The first-order chi connectivity index (χ1) is 13.5. The molecule has 0 radical (unpaired) electrons. The van der Waals surface area contributed by atoms with Gasteiger partial charge in [0, 0.05) is 17.2 Å². The maximum Gasteiger partial charge on any atom is 0.303 e. The first-order valence-electron chi connectivity index (χ1n) is 10.2. The lowest BCUT2D eigenvalue weighted by Crippen LogP contribution is -2.28. The number of carboxylic acids is 1. The molecule has 0 saturated carbocycles. The summed E-state index contributed by atoms with van der Waals surface area (Å²) >= 11 is 1.65. The molecule has 4 nitrogen and oxygen atoms in total. The molecule has 0 aliphatic heterocycles. The molecule has 1 heterocycles. The van der Waals surface area contributed by atoms with Gasteiger partial charge in [-0.1, -0.05) is 63.8 Å². The quantitative estimate of drug-likeness (QED) is 0.451. The van der Waals surface area contributed by atoms with Crippen LogP contribution in [0.25, 0.3) is 11.1 Å². The lowest BCUT2D eigenvalue weighted by atomic mass is 10.0. The third-order valence-corrected chi connectivity index (χ3v) is 5.88. The fourth-order valence-corrected chi connectivity index (χ4v) is 3.93. The van der Waals surface area contributed by atoms with Crippen molar-refractivity contribution in [1.82, 2.24) is 5.32 Å². The molecule has 1 aromatic carbocycles. The van der Waals surface area contributed by atoms with Gasteiger partial charge in [-0.2, -0.15) is 0 Å². The molecule has 2 rings (SSSR count). The second kappa shape index (κ2) is 11.6. The van der Waals surface area contributed by atoms with Gasteiger partial charge in [-0.3, -0.25) is 9.59 Å². The number of nitrogens with one attached hydrogen (secondary N) is 1. The number of aryl methyl sites for hydroxylation is 1. The standard InChI is InChI=1S/C23H31NO3S/c1-3-4-5-6-7-17(2)23(27)24-15-21-14-20(16-28-21)19-11-8-18(9-12-19)10-13-22(25)26/h8-9,11-12,14,16-17H,3-7,10,13,15H2,1-2H3,(H,24,27)(H,25,26). The number of carbonyl (C=O) groups excluding carboxylic acids is 1. The average molecular weight is 402 g/mol. The molecule has 1 unspecified atom stereocenters. The highest BCUT2D eigenvalue weighted by Gasteiger charge is 2.12. The van der Waals surface area contributed by atoms with E-state index in [1.165, 1.54) is 19.3 Å². The molecule has 0 aliphatic rings. The van der Waals surface area contributed by atoms with Crippen molar-refractivity contribution < 1.29 is 14.7 Å². The SMILES string of the molecule is CCCCCCC(C)C(=O)NCc1cc(-c2ccc(CCC(=O)O)cc2)cs1. The number of thiophene rings is 1. The van der Waals surface area contributed by atoms with Gasteiger partial charge in [0.25, 0.3) is 0 Å². The Bertz CT molecular complexity index is 751. The van der Waals surface area contributed by atoms with Crippen molar-refractivity contribution in [3.05, 3.63) is 46.2 Å². The summed E-state index contributed by atoms with van der Waals surface area (Å²) in [5.41, 5.74) is 3.27. The monoisotopic (exact) mass is 401 g/mol. The summed E-state index contributed by atoms with van der Waals surface area (Å²) in [4.78, 5) is 24.1. The van der Waals surface area contributed by atoms with Gasteiger partial charge in [0.15, 0.2) is 0 Å². The van der Waals surface area contributed by atoms with Crippen LogP contribution < -0.4 is 5.32 Å². The molecule has 5 heteroatoms. The summed E-state index contributed by atoms with van der Waals surface area (Å²) < 4.78 is 0. The fraction of sp³-hybridized carbons (Fsp3) is 0.478. The zero-order valence-electron chi connectivity index (χ0n) is 16.9. The maximum atomic E-state index is 12.3. The van der Waals surface area contributed by atoms with Crippen molar-refractivity contribution in [2.45, 2.75) is 65.3 Å². The Morgan fingerprint density at radius 2 is 1.86 bits per heavy atom. The minimum atomic E-state index is -0.774. The highest BCUT2D eigenvalue weighted by atomic mass is 32.1. The van der Waals surface area contributed by atoms with Crippen molar-refractivity contribution >= 4 is 23.2 Å². The molecule has 1 amide bonds. The van der Waals surface area contributed by atoms with Gasteiger partial charge in [0.05, 0.1) is 6.54 Å². The van der Waals surface area contributed by atoms with Gasteiger partial charge < -0.3 is 10.4 Å². The molecular weight excluding hydrogens is 370 g/mol. The van der Waals surface area contributed by atoms with E-state index in [4.69, 9.17) is 5.11 Å². The largest absolute Gasteiger partial charge is 0.481 e. The summed E-state index contributed by atoms with van der Waals surface area (Å²) in [6.45, 7) is 4.77. The number of carbonyl (C=O) groups is 2. The molecule has 2 N–H and O–H groups in total. The van der Waals surface area contributed by atoms with E-state index in [9.17, 15) is 9.59 Å². The second-order valence-electron chi connectivity index (χ2n) is 7.36. The number of unbranched alkanes of at least 4 members (excludes halogenated alkanes) is 3. The Labute approximate surface area is 172 Å². The predicted molar refractivity (Wildman–Crippen MR) is 115 cm³/mol. The van der Waals surface area contributed by atoms with Crippen LogP contribution in [0.2, 0.25) is 0 Å². The number of rotatable bonds is 12. The predicted octanol–water partition coefficient (Wildman–Crippen LogP) is 5.66. The molecule has 152 valence electrons. The van der Waals surface area contributed by atoms with Gasteiger partial charge in [-0.15, -0.1) is 11.3 Å². The molecule has 1 atom stereocenters. The van der Waals surface area contributed by atoms with Crippen LogP contribution >= 0.6 is 11.3 Å². The van der Waals surface area contributed by atoms with Crippen molar-refractivity contribution in [2.24, 2.45) is 5.92 Å². The summed E-state index contributed by atoms with van der Waals surface area (Å²) in [6.07, 6.45) is 6.44. The average Bonchev–Trinajstić information content (AvgIpc) is 3.17. The van der Waals surface area contributed by atoms with E-state index in [1.807, 2.05) is 31.2 Å². The number of hydrogen-bond donors (Lipinski definition) is 2. The van der Waals surface area contributed by atoms with E-state index < -0.39 is 5.97 Å². The minimum Gasteiger partial charge on any atom is -0.481 e. The Hall–Kier alpha value is -2.14. The molecule has 0 aliphatic carbocycles. The fourth-order valence-electron chi connectivity index (χ4n) is 3.10. The molecule has 0 spiro atoms. The molecule has 0 saturated heterocycles. The molecule has 0 fully saturated rings. The summed E-state index contributed by atoms with van der Waals surface area (Å²) in [5.74, 6) is -0.576. The van der Waals surface area contributed by atoms with E-state index in [0.717, 1.165) is 34.4 Å². The van der Waals surface area contributed by atoms with Crippen molar-refractivity contribution in [1.29, 1.82) is 0 Å². The zero-order valence-corrected chi connectivity index (χ0v) is 17.7. The van der Waals surface area contributed by atoms with Crippen molar-refractivity contribution in [3.8, 4) is 11.1 Å². The van der Waals surface area contributed by atoms with E-state index in [2.05, 4.69) is 23.7 Å². The van der Waals surface area contributed by atoms with E-state index >= 15 is 0 Å². The Balaban J connectivity index is 1.81. The number of benzene rings is 1.